The van der Waals surface area contributed by atoms with Gasteiger partial charge in [0.1, 0.15) is 11.3 Å². The first-order chi connectivity index (χ1) is 35.7. The van der Waals surface area contributed by atoms with Gasteiger partial charge in [-0.2, -0.15) is 0 Å². The van der Waals surface area contributed by atoms with E-state index >= 15 is 0 Å². The number of fused-ring (bicyclic) bond motifs is 17. The molecular weight excluding hydrogens is 871 g/mol. The number of para-hydroxylation sites is 1. The lowest BCUT2D eigenvalue weighted by Crippen LogP contribution is -2.43. The SMILES string of the molecule is c1ccc(-c2cccc(N(c3ccc4c(c3)C3(c5ccccc5-c5ccccc53)c3ccccc3C43c4ccccc4-c4ccccc43)c3c(-c4ccccc4-c4ccccc4)oc4ccccc34)c2)cc1. The standard InChI is InChI=1S/C70H45NO/c1-3-22-46(23-4-1)48-26-21-27-49(44-48)71(67-57-34-13-20-41-66(57)72-68(67)56-33-8-7-28-51(56)47-24-5-2-6-25-47)50-42-43-64-65(45-50)70(60-37-16-11-31-54(60)55-32-12-17-38-61(55)70)63-40-19-18-39-62(63)69(64)58-35-14-9-29-52(58)53-30-10-15-36-59(53)69/h1-45H. The molecule has 0 amide bonds. The molecular formula is C70H45NO. The van der Waals surface area contributed by atoms with Gasteiger partial charge in [0.15, 0.2) is 5.76 Å². The molecule has 0 N–H and O–H groups in total. The van der Waals surface area contributed by atoms with Crippen molar-refractivity contribution in [2.24, 2.45) is 0 Å². The number of hydrogen-bond donors (Lipinski definition) is 0. The topological polar surface area (TPSA) is 16.4 Å². The zero-order valence-corrected chi connectivity index (χ0v) is 39.3. The van der Waals surface area contributed by atoms with E-state index < -0.39 is 10.8 Å². The average molecular weight is 916 g/mol. The molecule has 2 nitrogen and oxygen atoms in total. The lowest BCUT2D eigenvalue weighted by molar-refractivity contribution is 0.631. The summed E-state index contributed by atoms with van der Waals surface area (Å²) in [6, 6.07) is 101. The zero-order chi connectivity index (χ0) is 47.4. The lowest BCUT2D eigenvalue weighted by Gasteiger charge is -2.49. The van der Waals surface area contributed by atoms with Crippen molar-refractivity contribution in [2.45, 2.75) is 10.8 Å². The summed E-state index contributed by atoms with van der Waals surface area (Å²) >= 11 is 0. The van der Waals surface area contributed by atoms with Crippen LogP contribution in [0.5, 0.6) is 0 Å². The van der Waals surface area contributed by atoms with E-state index in [1.165, 1.54) is 66.8 Å². The predicted octanol–water partition coefficient (Wildman–Crippen LogP) is 17.9. The summed E-state index contributed by atoms with van der Waals surface area (Å²) in [5, 5.41) is 1.03. The predicted molar refractivity (Wildman–Crippen MR) is 295 cm³/mol. The van der Waals surface area contributed by atoms with Gasteiger partial charge in [0.05, 0.1) is 10.8 Å². The van der Waals surface area contributed by atoms with Crippen LogP contribution < -0.4 is 4.90 Å². The van der Waals surface area contributed by atoms with Gasteiger partial charge in [0, 0.05) is 22.3 Å². The van der Waals surface area contributed by atoms with Crippen LogP contribution in [0.1, 0.15) is 44.5 Å². The highest BCUT2D eigenvalue weighted by Crippen LogP contribution is 2.68. The third kappa shape index (κ3) is 5.49. The number of furan rings is 1. The second kappa shape index (κ2) is 15.6. The average Bonchev–Trinajstić information content (AvgIpc) is 4.10. The van der Waals surface area contributed by atoms with Crippen LogP contribution in [0.4, 0.5) is 17.1 Å². The van der Waals surface area contributed by atoms with Crippen molar-refractivity contribution >= 4 is 28.0 Å². The highest BCUT2D eigenvalue weighted by molar-refractivity contribution is 6.06. The van der Waals surface area contributed by atoms with Crippen LogP contribution in [0, 0.1) is 0 Å². The van der Waals surface area contributed by atoms with Gasteiger partial charge in [-0.05, 0) is 125 Å². The second-order valence-corrected chi connectivity index (χ2v) is 19.4. The molecule has 0 saturated heterocycles. The zero-order valence-electron chi connectivity index (χ0n) is 39.3. The Bertz CT molecular complexity index is 4030. The van der Waals surface area contributed by atoms with E-state index in [2.05, 4.69) is 278 Å². The van der Waals surface area contributed by atoms with Gasteiger partial charge >= 0.3 is 0 Å². The number of nitrogens with zero attached hydrogens (tertiary/aromatic N) is 1. The van der Waals surface area contributed by atoms with E-state index in [9.17, 15) is 0 Å². The Morgan fingerprint density at radius 1 is 0.264 bits per heavy atom. The van der Waals surface area contributed by atoms with Gasteiger partial charge < -0.3 is 9.32 Å². The van der Waals surface area contributed by atoms with E-state index in [-0.39, 0.29) is 0 Å². The van der Waals surface area contributed by atoms with Crippen molar-refractivity contribution < 1.29 is 4.42 Å². The molecule has 1 aromatic heterocycles. The van der Waals surface area contributed by atoms with Crippen molar-refractivity contribution in [1.82, 2.24) is 0 Å². The number of rotatable bonds is 6. The minimum atomic E-state index is -0.661. The van der Waals surface area contributed by atoms with Gasteiger partial charge in [-0.3, -0.25) is 0 Å². The van der Waals surface area contributed by atoms with Crippen molar-refractivity contribution in [3.63, 3.8) is 0 Å². The first kappa shape index (κ1) is 40.6. The molecule has 3 aliphatic carbocycles. The number of hydrogen-bond acceptors (Lipinski definition) is 2. The van der Waals surface area contributed by atoms with Crippen LogP contribution >= 0.6 is 0 Å². The molecule has 12 aromatic rings. The van der Waals surface area contributed by atoms with Gasteiger partial charge in [-0.15, -0.1) is 0 Å². The Morgan fingerprint density at radius 2 is 0.681 bits per heavy atom. The molecule has 72 heavy (non-hydrogen) atoms. The van der Waals surface area contributed by atoms with E-state index in [1.54, 1.807) is 0 Å². The highest BCUT2D eigenvalue weighted by Gasteiger charge is 2.59. The molecule has 0 aliphatic heterocycles. The van der Waals surface area contributed by atoms with Crippen molar-refractivity contribution in [2.75, 3.05) is 4.90 Å². The highest BCUT2D eigenvalue weighted by atomic mass is 16.3. The van der Waals surface area contributed by atoms with Crippen LogP contribution in [0.2, 0.25) is 0 Å². The van der Waals surface area contributed by atoms with Crippen molar-refractivity contribution in [1.29, 1.82) is 0 Å². The number of anilines is 3. The Morgan fingerprint density at radius 3 is 1.26 bits per heavy atom. The van der Waals surface area contributed by atoms with Gasteiger partial charge in [0.2, 0.25) is 0 Å². The molecule has 0 radical (unpaired) electrons. The molecule has 0 atom stereocenters. The summed E-state index contributed by atoms with van der Waals surface area (Å²) in [6.07, 6.45) is 0. The Balaban J connectivity index is 1.10. The Hall–Kier alpha value is -9.24. The summed E-state index contributed by atoms with van der Waals surface area (Å²) in [7, 11) is 0. The fourth-order valence-corrected chi connectivity index (χ4v) is 13.2. The maximum Gasteiger partial charge on any atom is 0.160 e. The fraction of sp³-hybridized carbons (Fsp3) is 0.0286. The van der Waals surface area contributed by atoms with E-state index in [0.29, 0.717) is 0 Å². The maximum absolute atomic E-state index is 7.24. The van der Waals surface area contributed by atoms with Crippen LogP contribution in [-0.4, -0.2) is 0 Å². The molecule has 336 valence electrons. The third-order valence-corrected chi connectivity index (χ3v) is 16.0. The number of benzene rings is 11. The van der Waals surface area contributed by atoms with Crippen LogP contribution in [0.25, 0.3) is 66.8 Å². The summed E-state index contributed by atoms with van der Waals surface area (Å²) in [5.41, 5.74) is 23.7. The minimum Gasteiger partial charge on any atom is -0.454 e. The summed E-state index contributed by atoms with van der Waals surface area (Å²) in [4.78, 5) is 2.49. The molecule has 0 fully saturated rings. The molecule has 3 aliphatic rings. The second-order valence-electron chi connectivity index (χ2n) is 19.4. The third-order valence-electron chi connectivity index (χ3n) is 16.0. The Labute approximate surface area is 419 Å². The monoisotopic (exact) mass is 915 g/mol. The molecule has 11 aromatic carbocycles. The molecule has 2 spiro atoms. The van der Waals surface area contributed by atoms with Crippen molar-refractivity contribution in [3.05, 3.63) is 317 Å². The summed E-state index contributed by atoms with van der Waals surface area (Å²) < 4.78 is 7.24. The summed E-state index contributed by atoms with van der Waals surface area (Å²) in [6.45, 7) is 0. The molecule has 1 heterocycles. The van der Waals surface area contributed by atoms with E-state index in [1.807, 2.05) is 0 Å². The normalized spacial score (nSPS) is 13.8. The molecule has 15 rings (SSSR count). The molecule has 0 bridgehead atoms. The molecule has 0 unspecified atom stereocenters. The van der Waals surface area contributed by atoms with Crippen LogP contribution in [-0.2, 0) is 10.8 Å². The van der Waals surface area contributed by atoms with E-state index in [0.717, 1.165) is 61.6 Å². The Kier molecular flexibility index (Phi) is 8.82. The van der Waals surface area contributed by atoms with Gasteiger partial charge in [-0.1, -0.05) is 237 Å². The van der Waals surface area contributed by atoms with Crippen molar-refractivity contribution in [3.8, 4) is 55.8 Å². The van der Waals surface area contributed by atoms with Gasteiger partial charge in [-0.25, -0.2) is 0 Å². The van der Waals surface area contributed by atoms with Crippen LogP contribution in [0.3, 0.4) is 0 Å². The first-order valence-electron chi connectivity index (χ1n) is 25.0. The first-order valence-corrected chi connectivity index (χ1v) is 25.0. The largest absolute Gasteiger partial charge is 0.454 e. The fourth-order valence-electron chi connectivity index (χ4n) is 13.2. The maximum atomic E-state index is 7.24. The van der Waals surface area contributed by atoms with Crippen LogP contribution in [0.15, 0.2) is 277 Å². The lowest BCUT2D eigenvalue weighted by atomic mass is 9.52. The molecule has 2 heteroatoms. The molecule has 0 saturated carbocycles. The minimum absolute atomic E-state index is 0.602. The quantitative estimate of drug-likeness (QED) is 0.165. The summed E-state index contributed by atoms with van der Waals surface area (Å²) in [5.74, 6) is 0.810. The smallest absolute Gasteiger partial charge is 0.160 e. The van der Waals surface area contributed by atoms with E-state index in [4.69, 9.17) is 4.42 Å². The van der Waals surface area contributed by atoms with Gasteiger partial charge in [0.25, 0.3) is 0 Å².